The average Bonchev–Trinajstić information content (AvgIpc) is 3.43. The lowest BCUT2D eigenvalue weighted by molar-refractivity contribution is 0.0978. The number of rotatable bonds is 4. The molecule has 0 bridgehead atoms. The van der Waals surface area contributed by atoms with Gasteiger partial charge in [-0.1, -0.05) is 30.3 Å². The molecule has 0 unspecified atom stereocenters. The van der Waals surface area contributed by atoms with Crippen LogP contribution < -0.4 is 0 Å². The molecule has 0 aliphatic carbocycles. The summed E-state index contributed by atoms with van der Waals surface area (Å²) in [6.45, 7) is 6.55. The number of aryl methyl sites for hydroxylation is 1. The van der Waals surface area contributed by atoms with Crippen LogP contribution in [0.1, 0.15) is 24.3 Å². The van der Waals surface area contributed by atoms with Gasteiger partial charge in [0, 0.05) is 31.2 Å². The summed E-state index contributed by atoms with van der Waals surface area (Å²) in [6.07, 6.45) is 2.23. The number of hydrogen-bond acceptors (Lipinski definition) is 5. The number of nitrogens with zero attached hydrogens (tertiary/aromatic N) is 3. The number of oxazole rings is 1. The van der Waals surface area contributed by atoms with Gasteiger partial charge in [-0.2, -0.15) is 0 Å². The first-order chi connectivity index (χ1) is 13.7. The molecule has 0 spiro atoms. The summed E-state index contributed by atoms with van der Waals surface area (Å²) in [6, 6.07) is 14.9. The zero-order valence-corrected chi connectivity index (χ0v) is 16.3. The van der Waals surface area contributed by atoms with Crippen LogP contribution in [0.3, 0.4) is 0 Å². The maximum absolute atomic E-state index is 10.5. The number of aliphatic hydroxyl groups excluding tert-OH is 1. The van der Waals surface area contributed by atoms with Gasteiger partial charge in [-0.05, 0) is 55.8 Å². The zero-order valence-electron chi connectivity index (χ0n) is 16.3. The van der Waals surface area contributed by atoms with E-state index in [-0.39, 0.29) is 12.1 Å². The van der Waals surface area contributed by atoms with Crippen molar-refractivity contribution in [2.75, 3.05) is 26.2 Å². The van der Waals surface area contributed by atoms with Gasteiger partial charge < -0.3 is 9.52 Å². The third kappa shape index (κ3) is 3.34. The van der Waals surface area contributed by atoms with E-state index in [9.17, 15) is 5.11 Å². The summed E-state index contributed by atoms with van der Waals surface area (Å²) in [5.74, 6) is 1.54. The molecule has 0 radical (unpaired) electrons. The van der Waals surface area contributed by atoms with Crippen LogP contribution in [0.2, 0.25) is 0 Å². The van der Waals surface area contributed by atoms with Crippen molar-refractivity contribution in [3.63, 3.8) is 0 Å². The Morgan fingerprint density at radius 3 is 2.68 bits per heavy atom. The smallest absolute Gasteiger partial charge is 0.226 e. The lowest BCUT2D eigenvalue weighted by Gasteiger charge is -2.25. The van der Waals surface area contributed by atoms with E-state index in [0.29, 0.717) is 12.4 Å². The highest BCUT2D eigenvalue weighted by atomic mass is 16.4. The van der Waals surface area contributed by atoms with Crippen molar-refractivity contribution in [1.82, 2.24) is 14.8 Å². The fraction of sp³-hybridized carbons (Fsp3) is 0.435. The highest BCUT2D eigenvalue weighted by Gasteiger charge is 2.36. The number of benzene rings is 2. The van der Waals surface area contributed by atoms with Gasteiger partial charge in [0.05, 0.1) is 11.8 Å². The van der Waals surface area contributed by atoms with Crippen molar-refractivity contribution in [3.8, 4) is 11.5 Å². The lowest BCUT2D eigenvalue weighted by atomic mass is 10.1. The molecule has 2 fully saturated rings. The summed E-state index contributed by atoms with van der Waals surface area (Å²) in [5, 5.41) is 12.9. The molecule has 2 saturated heterocycles. The van der Waals surface area contributed by atoms with Crippen LogP contribution >= 0.6 is 0 Å². The second-order valence-electron chi connectivity index (χ2n) is 8.16. The third-order valence-electron chi connectivity index (χ3n) is 6.21. The predicted molar refractivity (Wildman–Crippen MR) is 110 cm³/mol. The quantitative estimate of drug-likeness (QED) is 0.755. The highest BCUT2D eigenvalue weighted by molar-refractivity contribution is 5.86. The number of aromatic nitrogens is 1. The molecule has 5 rings (SSSR count). The molecule has 146 valence electrons. The molecule has 0 amide bonds. The fourth-order valence-corrected chi connectivity index (χ4v) is 4.64. The Bertz CT molecular complexity index is 977. The predicted octanol–water partition coefficient (Wildman–Crippen LogP) is 3.44. The molecule has 2 atom stereocenters. The van der Waals surface area contributed by atoms with Crippen LogP contribution in [0.25, 0.3) is 22.2 Å². The van der Waals surface area contributed by atoms with Gasteiger partial charge >= 0.3 is 0 Å². The Morgan fingerprint density at radius 1 is 1.07 bits per heavy atom. The van der Waals surface area contributed by atoms with Gasteiger partial charge in [0.2, 0.25) is 5.89 Å². The third-order valence-corrected chi connectivity index (χ3v) is 6.21. The van der Waals surface area contributed by atoms with Gasteiger partial charge in [0.15, 0.2) is 0 Å². The lowest BCUT2D eigenvalue weighted by Crippen LogP contribution is -2.41. The molecule has 3 heterocycles. The van der Waals surface area contributed by atoms with Crippen LogP contribution in [-0.4, -0.2) is 58.2 Å². The molecular formula is C23H27N3O2. The number of fused-ring (bicyclic) bond motifs is 1. The second kappa shape index (κ2) is 7.32. The summed E-state index contributed by atoms with van der Waals surface area (Å²) < 4.78 is 6.00. The van der Waals surface area contributed by atoms with Crippen molar-refractivity contribution in [2.45, 2.75) is 38.5 Å². The van der Waals surface area contributed by atoms with Crippen molar-refractivity contribution in [1.29, 1.82) is 0 Å². The van der Waals surface area contributed by atoms with Crippen LogP contribution in [-0.2, 0) is 6.54 Å². The summed E-state index contributed by atoms with van der Waals surface area (Å²) in [5.41, 5.74) is 1.97. The molecule has 3 aromatic rings. The summed E-state index contributed by atoms with van der Waals surface area (Å²) in [7, 11) is 0. The first kappa shape index (κ1) is 17.9. The molecule has 5 heteroatoms. The minimum atomic E-state index is -0.273. The SMILES string of the molecule is Cc1oc(-c2ccc3ccccc3c2)nc1CN1C[C@H](O)[C@@H](N2CCCC2)C1. The van der Waals surface area contributed by atoms with Gasteiger partial charge in [-0.3, -0.25) is 9.80 Å². The van der Waals surface area contributed by atoms with Crippen LogP contribution in [0.5, 0.6) is 0 Å². The van der Waals surface area contributed by atoms with E-state index < -0.39 is 0 Å². The maximum atomic E-state index is 10.5. The second-order valence-corrected chi connectivity index (χ2v) is 8.16. The van der Waals surface area contributed by atoms with E-state index in [1.807, 2.05) is 13.0 Å². The molecule has 2 aliphatic rings. The van der Waals surface area contributed by atoms with Crippen LogP contribution in [0, 0.1) is 6.92 Å². The monoisotopic (exact) mass is 377 g/mol. The highest BCUT2D eigenvalue weighted by Crippen LogP contribution is 2.28. The molecule has 28 heavy (non-hydrogen) atoms. The molecule has 2 aromatic carbocycles. The van der Waals surface area contributed by atoms with Crippen molar-refractivity contribution in [2.24, 2.45) is 0 Å². The van der Waals surface area contributed by atoms with Gasteiger partial charge in [-0.15, -0.1) is 0 Å². The Morgan fingerprint density at radius 2 is 1.86 bits per heavy atom. The Labute approximate surface area is 165 Å². The van der Waals surface area contributed by atoms with Gasteiger partial charge in [-0.25, -0.2) is 4.98 Å². The van der Waals surface area contributed by atoms with E-state index in [4.69, 9.17) is 9.40 Å². The first-order valence-corrected chi connectivity index (χ1v) is 10.3. The maximum Gasteiger partial charge on any atom is 0.226 e. The molecule has 1 aromatic heterocycles. The summed E-state index contributed by atoms with van der Waals surface area (Å²) >= 11 is 0. The standard InChI is InChI=1S/C23H27N3O2/c1-16-20(13-25-14-21(22(27)15-25)26-10-4-5-11-26)24-23(28-16)19-9-8-17-6-2-3-7-18(17)12-19/h2-3,6-9,12,21-22,27H,4-5,10-11,13-15H2,1H3/t21-,22-/m0/s1. The zero-order chi connectivity index (χ0) is 19.1. The minimum Gasteiger partial charge on any atom is -0.441 e. The van der Waals surface area contributed by atoms with Crippen molar-refractivity contribution in [3.05, 3.63) is 53.9 Å². The Kier molecular flexibility index (Phi) is 4.67. The molecule has 2 aliphatic heterocycles. The van der Waals surface area contributed by atoms with E-state index in [1.54, 1.807) is 0 Å². The topological polar surface area (TPSA) is 52.7 Å². The Hall–Kier alpha value is -2.21. The largest absolute Gasteiger partial charge is 0.441 e. The van der Waals surface area contributed by atoms with E-state index >= 15 is 0 Å². The van der Waals surface area contributed by atoms with Crippen molar-refractivity contribution < 1.29 is 9.52 Å². The van der Waals surface area contributed by atoms with Crippen LogP contribution in [0.4, 0.5) is 0 Å². The van der Waals surface area contributed by atoms with Crippen molar-refractivity contribution >= 4 is 10.8 Å². The molecule has 5 nitrogen and oxygen atoms in total. The van der Waals surface area contributed by atoms with E-state index in [2.05, 4.69) is 46.2 Å². The molecule has 0 saturated carbocycles. The van der Waals surface area contributed by atoms with E-state index in [1.165, 1.54) is 23.6 Å². The van der Waals surface area contributed by atoms with E-state index in [0.717, 1.165) is 43.2 Å². The Balaban J connectivity index is 1.33. The minimum absolute atomic E-state index is 0.259. The number of aliphatic hydroxyl groups is 1. The summed E-state index contributed by atoms with van der Waals surface area (Å²) in [4.78, 5) is 9.55. The number of hydrogen-bond donors (Lipinski definition) is 1. The van der Waals surface area contributed by atoms with Gasteiger partial charge in [0.25, 0.3) is 0 Å². The van der Waals surface area contributed by atoms with Gasteiger partial charge in [0.1, 0.15) is 5.76 Å². The van der Waals surface area contributed by atoms with Crippen LogP contribution in [0.15, 0.2) is 46.9 Å². The number of likely N-dealkylation sites (tertiary alicyclic amines) is 2. The normalized spacial score (nSPS) is 23.8. The average molecular weight is 377 g/mol. The first-order valence-electron chi connectivity index (χ1n) is 10.3. The molecular weight excluding hydrogens is 350 g/mol. The number of β-amino-alcohol motifs (C(OH)–C–C–N with tert-alkyl or cyclic N) is 1. The fourth-order valence-electron chi connectivity index (χ4n) is 4.64. The molecule has 1 N–H and O–H groups in total.